The van der Waals surface area contributed by atoms with Crippen LogP contribution < -0.4 is 10.6 Å². The summed E-state index contributed by atoms with van der Waals surface area (Å²) in [6.07, 6.45) is 1.63. The zero-order valence-corrected chi connectivity index (χ0v) is 14.6. The van der Waals surface area contributed by atoms with E-state index >= 15 is 0 Å². The number of pyridine rings is 1. The van der Waals surface area contributed by atoms with Crippen molar-refractivity contribution in [2.75, 3.05) is 18.5 Å². The molecule has 0 spiro atoms. The van der Waals surface area contributed by atoms with Crippen LogP contribution in [-0.4, -0.2) is 29.1 Å². The second-order valence-corrected chi connectivity index (χ2v) is 6.04. The molecule has 0 fully saturated rings. The Morgan fingerprint density at radius 2 is 2.08 bits per heavy atom. The summed E-state index contributed by atoms with van der Waals surface area (Å²) in [6.45, 7) is 0.461. The van der Waals surface area contributed by atoms with Crippen LogP contribution in [0.25, 0.3) is 10.9 Å². The largest absolute Gasteiger partial charge is 0.395 e. The van der Waals surface area contributed by atoms with Gasteiger partial charge in [0.1, 0.15) is 5.82 Å². The monoisotopic (exact) mass is 373 g/mol. The number of aliphatic hydroxyl groups excluding tert-OH is 1. The molecular formula is C19H17ClFN3O2. The molecule has 2 aromatic carbocycles. The fourth-order valence-corrected chi connectivity index (χ4v) is 2.88. The lowest BCUT2D eigenvalue weighted by Gasteiger charge is -2.11. The number of nitrogens with zero attached hydrogens (tertiary/aromatic N) is 1. The van der Waals surface area contributed by atoms with E-state index in [1.54, 1.807) is 42.6 Å². The molecule has 0 unspecified atom stereocenters. The highest BCUT2D eigenvalue weighted by Crippen LogP contribution is 2.23. The number of amides is 1. The van der Waals surface area contributed by atoms with E-state index in [0.29, 0.717) is 28.0 Å². The molecular weight excluding hydrogens is 357 g/mol. The molecule has 7 heteroatoms. The highest BCUT2D eigenvalue weighted by molar-refractivity contribution is 6.34. The van der Waals surface area contributed by atoms with Crippen LogP contribution in [0.4, 0.5) is 10.1 Å². The molecule has 0 saturated carbocycles. The van der Waals surface area contributed by atoms with Crippen molar-refractivity contribution in [1.29, 1.82) is 0 Å². The Bertz CT molecular complexity index is 949. The van der Waals surface area contributed by atoms with E-state index in [0.717, 1.165) is 11.3 Å². The molecule has 5 nitrogen and oxygen atoms in total. The van der Waals surface area contributed by atoms with Gasteiger partial charge in [0.2, 0.25) is 0 Å². The third-order valence-electron chi connectivity index (χ3n) is 3.89. The van der Waals surface area contributed by atoms with E-state index in [1.807, 2.05) is 0 Å². The summed E-state index contributed by atoms with van der Waals surface area (Å²) in [5.74, 6) is -0.650. The van der Waals surface area contributed by atoms with Gasteiger partial charge >= 0.3 is 0 Å². The molecule has 0 radical (unpaired) electrons. The third kappa shape index (κ3) is 3.92. The smallest absolute Gasteiger partial charge is 0.252 e. The standard InChI is InChI=1S/C19H17ClFN3O2/c20-16-10-13(4-5-14(16)19(26)23-8-9-25)24-11-12-3-6-17(21)15-2-1-7-22-18(12)15/h1-7,10,24-25H,8-9,11H2,(H,23,26). The number of aliphatic hydroxyl groups is 1. The summed E-state index contributed by atoms with van der Waals surface area (Å²) < 4.78 is 13.9. The molecule has 3 rings (SSSR count). The van der Waals surface area contributed by atoms with Gasteiger partial charge in [0.15, 0.2) is 0 Å². The number of rotatable bonds is 6. The Balaban J connectivity index is 1.76. The molecule has 134 valence electrons. The van der Waals surface area contributed by atoms with Crippen LogP contribution in [0.15, 0.2) is 48.7 Å². The van der Waals surface area contributed by atoms with Gasteiger partial charge in [-0.2, -0.15) is 0 Å². The van der Waals surface area contributed by atoms with Crippen molar-refractivity contribution in [2.45, 2.75) is 6.54 Å². The lowest BCUT2D eigenvalue weighted by Crippen LogP contribution is -2.26. The van der Waals surface area contributed by atoms with Crippen molar-refractivity contribution < 1.29 is 14.3 Å². The van der Waals surface area contributed by atoms with Crippen molar-refractivity contribution in [2.24, 2.45) is 0 Å². The number of carbonyl (C=O) groups excluding carboxylic acids is 1. The highest BCUT2D eigenvalue weighted by Gasteiger charge is 2.11. The van der Waals surface area contributed by atoms with Crippen LogP contribution in [0, 0.1) is 5.82 Å². The number of halogens is 2. The minimum atomic E-state index is -0.343. The Labute approximate surface area is 154 Å². The first-order valence-corrected chi connectivity index (χ1v) is 8.42. The zero-order chi connectivity index (χ0) is 18.5. The summed E-state index contributed by atoms with van der Waals surface area (Å²) in [6, 6.07) is 11.5. The van der Waals surface area contributed by atoms with Crippen LogP contribution in [0.1, 0.15) is 15.9 Å². The number of aromatic nitrogens is 1. The Morgan fingerprint density at radius 1 is 1.23 bits per heavy atom. The third-order valence-corrected chi connectivity index (χ3v) is 4.21. The van der Waals surface area contributed by atoms with Gasteiger partial charge in [-0.15, -0.1) is 0 Å². The number of benzene rings is 2. The van der Waals surface area contributed by atoms with Gasteiger partial charge in [0.25, 0.3) is 5.91 Å². The van der Waals surface area contributed by atoms with Crippen LogP contribution in [0.2, 0.25) is 5.02 Å². The summed E-state index contributed by atoms with van der Waals surface area (Å²) in [5.41, 5.74) is 2.51. The van der Waals surface area contributed by atoms with E-state index in [-0.39, 0.29) is 24.9 Å². The van der Waals surface area contributed by atoms with Gasteiger partial charge in [-0.1, -0.05) is 17.7 Å². The topological polar surface area (TPSA) is 74.2 Å². The Kier molecular flexibility index (Phi) is 5.65. The fourth-order valence-electron chi connectivity index (χ4n) is 2.61. The quantitative estimate of drug-likeness (QED) is 0.619. The molecule has 0 aliphatic heterocycles. The maximum absolute atomic E-state index is 13.9. The van der Waals surface area contributed by atoms with E-state index in [1.165, 1.54) is 6.07 Å². The number of carbonyl (C=O) groups is 1. The van der Waals surface area contributed by atoms with Crippen LogP contribution in [-0.2, 0) is 6.54 Å². The van der Waals surface area contributed by atoms with Crippen molar-refractivity contribution in [3.05, 3.63) is 70.6 Å². The fraction of sp³-hybridized carbons (Fsp3) is 0.158. The molecule has 1 amide bonds. The summed E-state index contributed by atoms with van der Waals surface area (Å²) in [4.78, 5) is 16.2. The molecule has 1 heterocycles. The van der Waals surface area contributed by atoms with E-state index < -0.39 is 0 Å². The molecule has 0 bridgehead atoms. The number of hydrogen-bond donors (Lipinski definition) is 3. The van der Waals surface area contributed by atoms with Gasteiger partial charge in [-0.25, -0.2) is 4.39 Å². The summed E-state index contributed by atoms with van der Waals surface area (Å²) >= 11 is 6.18. The first kappa shape index (κ1) is 18.1. The van der Waals surface area contributed by atoms with E-state index in [2.05, 4.69) is 15.6 Å². The second kappa shape index (κ2) is 8.12. The van der Waals surface area contributed by atoms with Crippen molar-refractivity contribution in [3.8, 4) is 0 Å². The van der Waals surface area contributed by atoms with Crippen LogP contribution in [0.5, 0.6) is 0 Å². The van der Waals surface area contributed by atoms with Crippen molar-refractivity contribution in [1.82, 2.24) is 10.3 Å². The number of anilines is 1. The molecule has 1 aromatic heterocycles. The lowest BCUT2D eigenvalue weighted by molar-refractivity contribution is 0.0945. The molecule has 0 atom stereocenters. The normalized spacial score (nSPS) is 10.7. The van der Waals surface area contributed by atoms with Gasteiger partial charge < -0.3 is 15.7 Å². The molecule has 0 aliphatic rings. The molecule has 0 saturated heterocycles. The number of hydrogen-bond acceptors (Lipinski definition) is 4. The minimum Gasteiger partial charge on any atom is -0.395 e. The first-order valence-electron chi connectivity index (χ1n) is 8.04. The predicted molar refractivity (Wildman–Crippen MR) is 99.9 cm³/mol. The maximum Gasteiger partial charge on any atom is 0.252 e. The summed E-state index contributed by atoms with van der Waals surface area (Å²) in [5, 5.41) is 15.3. The van der Waals surface area contributed by atoms with E-state index in [4.69, 9.17) is 16.7 Å². The Hall–Kier alpha value is -2.70. The second-order valence-electron chi connectivity index (χ2n) is 5.63. The average molecular weight is 374 g/mol. The molecule has 3 aromatic rings. The maximum atomic E-state index is 13.9. The molecule has 0 aliphatic carbocycles. The van der Waals surface area contributed by atoms with Crippen molar-refractivity contribution in [3.63, 3.8) is 0 Å². The average Bonchev–Trinajstić information content (AvgIpc) is 2.66. The van der Waals surface area contributed by atoms with Gasteiger partial charge in [0, 0.05) is 30.4 Å². The van der Waals surface area contributed by atoms with E-state index in [9.17, 15) is 9.18 Å². The SMILES string of the molecule is O=C(NCCO)c1ccc(NCc2ccc(F)c3cccnc23)cc1Cl. The lowest BCUT2D eigenvalue weighted by atomic mass is 10.1. The van der Waals surface area contributed by atoms with Crippen LogP contribution in [0.3, 0.4) is 0 Å². The minimum absolute atomic E-state index is 0.136. The van der Waals surface area contributed by atoms with Gasteiger partial charge in [-0.3, -0.25) is 9.78 Å². The number of fused-ring (bicyclic) bond motifs is 1. The highest BCUT2D eigenvalue weighted by atomic mass is 35.5. The van der Waals surface area contributed by atoms with Crippen molar-refractivity contribution >= 4 is 34.1 Å². The molecule has 26 heavy (non-hydrogen) atoms. The summed E-state index contributed by atoms with van der Waals surface area (Å²) in [7, 11) is 0. The predicted octanol–water partition coefficient (Wildman–Crippen LogP) is 3.36. The first-order chi connectivity index (χ1) is 12.6. The van der Waals surface area contributed by atoms with Gasteiger partial charge in [0.05, 0.1) is 22.7 Å². The zero-order valence-electron chi connectivity index (χ0n) is 13.8. The molecule has 3 N–H and O–H groups in total. The van der Waals surface area contributed by atoms with Crippen LogP contribution >= 0.6 is 11.6 Å². The number of nitrogens with one attached hydrogen (secondary N) is 2. The van der Waals surface area contributed by atoms with Gasteiger partial charge in [-0.05, 0) is 42.0 Å². The Morgan fingerprint density at radius 3 is 2.85 bits per heavy atom.